The number of hydrogen-bond acceptors (Lipinski definition) is 4. The molecule has 0 spiro atoms. The molecule has 0 aromatic carbocycles. The molecule has 0 aliphatic rings. The molecule has 0 saturated carbocycles. The number of terminal acetylenes is 1. The molecule has 1 aromatic heterocycles. The van der Waals surface area contributed by atoms with E-state index in [2.05, 4.69) is 22.8 Å². The molecule has 0 aliphatic carbocycles. The molecule has 4 nitrogen and oxygen atoms in total. The summed E-state index contributed by atoms with van der Waals surface area (Å²) in [6.45, 7) is 3.48. The molecule has 0 bridgehead atoms. The van der Waals surface area contributed by atoms with E-state index in [-0.39, 0.29) is 0 Å². The lowest BCUT2D eigenvalue weighted by Crippen LogP contribution is -2.25. The van der Waals surface area contributed by atoms with Gasteiger partial charge in [-0.05, 0) is 6.42 Å². The van der Waals surface area contributed by atoms with Crippen molar-refractivity contribution in [3.63, 3.8) is 0 Å². The van der Waals surface area contributed by atoms with Gasteiger partial charge >= 0.3 is 0 Å². The highest BCUT2D eigenvalue weighted by Crippen LogP contribution is 2.10. The van der Waals surface area contributed by atoms with Crippen molar-refractivity contribution >= 4 is 11.6 Å². The van der Waals surface area contributed by atoms with Crippen LogP contribution in [0.2, 0.25) is 0 Å². The van der Waals surface area contributed by atoms with Crippen LogP contribution < -0.4 is 10.6 Å². The molecule has 0 radical (unpaired) electrons. The molecule has 1 rings (SSSR count). The van der Waals surface area contributed by atoms with Gasteiger partial charge in [-0.3, -0.25) is 4.98 Å². The maximum atomic E-state index is 5.54. The van der Waals surface area contributed by atoms with Crippen LogP contribution in [0, 0.1) is 12.3 Å². The fraction of sp³-hybridized carbons (Fsp3) is 0.400. The van der Waals surface area contributed by atoms with Gasteiger partial charge in [0.15, 0.2) is 0 Å². The first kappa shape index (κ1) is 10.3. The molecule has 0 amide bonds. The van der Waals surface area contributed by atoms with Gasteiger partial charge in [0.2, 0.25) is 0 Å². The zero-order valence-electron chi connectivity index (χ0n) is 8.27. The van der Waals surface area contributed by atoms with Gasteiger partial charge in [0.1, 0.15) is 11.6 Å². The molecule has 2 N–H and O–H groups in total. The number of anilines is 2. The summed E-state index contributed by atoms with van der Waals surface area (Å²) in [6.07, 6.45) is 9.46. The smallest absolute Gasteiger partial charge is 0.150 e. The summed E-state index contributed by atoms with van der Waals surface area (Å²) in [7, 11) is 0. The maximum Gasteiger partial charge on any atom is 0.150 e. The van der Waals surface area contributed by atoms with Crippen LogP contribution in [0.4, 0.5) is 11.6 Å². The molecule has 1 heterocycles. The van der Waals surface area contributed by atoms with Crippen molar-refractivity contribution in [1.29, 1.82) is 0 Å². The molecule has 1 aromatic rings. The molecule has 0 unspecified atom stereocenters. The second-order valence-electron chi connectivity index (χ2n) is 2.93. The van der Waals surface area contributed by atoms with Gasteiger partial charge in [-0.1, -0.05) is 12.8 Å². The minimum Gasteiger partial charge on any atom is -0.382 e. The van der Waals surface area contributed by atoms with Crippen LogP contribution in [-0.2, 0) is 0 Å². The highest BCUT2D eigenvalue weighted by atomic mass is 15.2. The molecule has 0 aliphatic heterocycles. The van der Waals surface area contributed by atoms with Gasteiger partial charge in [0.25, 0.3) is 0 Å². The van der Waals surface area contributed by atoms with Crippen LogP contribution in [0.5, 0.6) is 0 Å². The Morgan fingerprint density at radius 3 is 2.93 bits per heavy atom. The number of hydrogen-bond donors (Lipinski definition) is 1. The Morgan fingerprint density at radius 2 is 2.36 bits per heavy atom. The summed E-state index contributed by atoms with van der Waals surface area (Å²) in [5.41, 5.74) is 5.54. The summed E-state index contributed by atoms with van der Waals surface area (Å²) in [6, 6.07) is 0. The first-order chi connectivity index (χ1) is 6.77. The standard InChI is InChI=1S/C10H14N4/c1-3-5-14(6-4-2)10-8-12-7-9(11)13-10/h1,7-8H,4-6H2,2H3,(H2,11,13). The van der Waals surface area contributed by atoms with E-state index in [1.54, 1.807) is 6.20 Å². The van der Waals surface area contributed by atoms with Crippen LogP contribution in [0.3, 0.4) is 0 Å². The van der Waals surface area contributed by atoms with E-state index < -0.39 is 0 Å². The number of nitrogens with two attached hydrogens (primary N) is 1. The SMILES string of the molecule is C#CCN(CCC)c1cncc(N)n1. The van der Waals surface area contributed by atoms with E-state index >= 15 is 0 Å². The third-order valence-electron chi connectivity index (χ3n) is 1.74. The van der Waals surface area contributed by atoms with Gasteiger partial charge in [0, 0.05) is 6.54 Å². The fourth-order valence-corrected chi connectivity index (χ4v) is 1.18. The third-order valence-corrected chi connectivity index (χ3v) is 1.74. The first-order valence-corrected chi connectivity index (χ1v) is 4.54. The Hall–Kier alpha value is -1.76. The Labute approximate surface area is 84.2 Å². The minimum atomic E-state index is 0.417. The Kier molecular flexibility index (Phi) is 3.74. The second-order valence-corrected chi connectivity index (χ2v) is 2.93. The molecule has 14 heavy (non-hydrogen) atoms. The van der Waals surface area contributed by atoms with Gasteiger partial charge in [0.05, 0.1) is 18.9 Å². The fourth-order valence-electron chi connectivity index (χ4n) is 1.18. The predicted molar refractivity (Wildman–Crippen MR) is 57.8 cm³/mol. The minimum absolute atomic E-state index is 0.417. The van der Waals surface area contributed by atoms with Crippen molar-refractivity contribution in [1.82, 2.24) is 9.97 Å². The van der Waals surface area contributed by atoms with Crippen molar-refractivity contribution in [3.8, 4) is 12.3 Å². The van der Waals surface area contributed by atoms with Crippen LogP contribution in [-0.4, -0.2) is 23.1 Å². The normalized spacial score (nSPS) is 9.43. The average molecular weight is 190 g/mol. The van der Waals surface area contributed by atoms with Crippen molar-refractivity contribution < 1.29 is 0 Å². The molecule has 0 atom stereocenters. The summed E-state index contributed by atoms with van der Waals surface area (Å²) in [5, 5.41) is 0. The number of nitrogen functional groups attached to an aromatic ring is 1. The Balaban J connectivity index is 2.82. The van der Waals surface area contributed by atoms with Crippen molar-refractivity contribution in [2.24, 2.45) is 0 Å². The highest BCUT2D eigenvalue weighted by Gasteiger charge is 2.05. The van der Waals surface area contributed by atoms with E-state index in [1.807, 2.05) is 4.90 Å². The van der Waals surface area contributed by atoms with Gasteiger partial charge in [-0.15, -0.1) is 6.42 Å². The topological polar surface area (TPSA) is 55.0 Å². The van der Waals surface area contributed by atoms with Gasteiger partial charge in [-0.25, -0.2) is 4.98 Å². The van der Waals surface area contributed by atoms with Crippen LogP contribution >= 0.6 is 0 Å². The molecular formula is C10H14N4. The van der Waals surface area contributed by atoms with E-state index in [4.69, 9.17) is 12.2 Å². The summed E-state index contributed by atoms with van der Waals surface area (Å²) in [5.74, 6) is 3.75. The van der Waals surface area contributed by atoms with Crippen molar-refractivity contribution in [2.45, 2.75) is 13.3 Å². The quantitative estimate of drug-likeness (QED) is 0.717. The largest absolute Gasteiger partial charge is 0.382 e. The third kappa shape index (κ3) is 2.63. The lowest BCUT2D eigenvalue weighted by molar-refractivity contribution is 0.806. The monoisotopic (exact) mass is 190 g/mol. The predicted octanol–water partition coefficient (Wildman–Crippen LogP) is 0.908. The lowest BCUT2D eigenvalue weighted by atomic mass is 10.4. The lowest BCUT2D eigenvalue weighted by Gasteiger charge is -2.19. The number of aromatic nitrogens is 2. The number of rotatable bonds is 4. The highest BCUT2D eigenvalue weighted by molar-refractivity contribution is 5.42. The van der Waals surface area contributed by atoms with Gasteiger partial charge in [-0.2, -0.15) is 0 Å². The molecule has 0 saturated heterocycles. The summed E-state index contributed by atoms with van der Waals surface area (Å²) >= 11 is 0. The van der Waals surface area contributed by atoms with Gasteiger partial charge < -0.3 is 10.6 Å². The first-order valence-electron chi connectivity index (χ1n) is 4.54. The summed E-state index contributed by atoms with van der Waals surface area (Å²) < 4.78 is 0. The van der Waals surface area contributed by atoms with Crippen LogP contribution in [0.1, 0.15) is 13.3 Å². The molecule has 4 heteroatoms. The molecule has 0 fully saturated rings. The van der Waals surface area contributed by atoms with Crippen LogP contribution in [0.25, 0.3) is 0 Å². The maximum absolute atomic E-state index is 5.54. The van der Waals surface area contributed by atoms with Crippen molar-refractivity contribution in [3.05, 3.63) is 12.4 Å². The Bertz CT molecular complexity index is 329. The van der Waals surface area contributed by atoms with E-state index in [1.165, 1.54) is 6.20 Å². The second kappa shape index (κ2) is 5.07. The van der Waals surface area contributed by atoms with Crippen LogP contribution in [0.15, 0.2) is 12.4 Å². The van der Waals surface area contributed by atoms with Crippen molar-refractivity contribution in [2.75, 3.05) is 23.7 Å². The zero-order valence-corrected chi connectivity index (χ0v) is 8.27. The molecular weight excluding hydrogens is 176 g/mol. The number of nitrogens with zero attached hydrogens (tertiary/aromatic N) is 3. The van der Waals surface area contributed by atoms with E-state index in [9.17, 15) is 0 Å². The van der Waals surface area contributed by atoms with E-state index in [0.717, 1.165) is 18.8 Å². The Morgan fingerprint density at radius 1 is 1.57 bits per heavy atom. The zero-order chi connectivity index (χ0) is 10.4. The average Bonchev–Trinajstić information content (AvgIpc) is 2.17. The molecule has 74 valence electrons. The summed E-state index contributed by atoms with van der Waals surface area (Å²) in [4.78, 5) is 10.1. The van der Waals surface area contributed by atoms with E-state index in [0.29, 0.717) is 12.4 Å².